The predicted molar refractivity (Wildman–Crippen MR) is 137 cm³/mol. The molecule has 1 aromatic carbocycles. The van der Waals surface area contributed by atoms with Crippen molar-refractivity contribution in [2.75, 3.05) is 25.0 Å². The molecule has 0 radical (unpaired) electrons. The molecule has 1 N–H and O–H groups in total. The summed E-state index contributed by atoms with van der Waals surface area (Å²) < 4.78 is 35.3. The van der Waals surface area contributed by atoms with Crippen molar-refractivity contribution >= 4 is 43.2 Å². The van der Waals surface area contributed by atoms with Gasteiger partial charge in [-0.1, -0.05) is 13.8 Å². The number of anilines is 1. The zero-order chi connectivity index (χ0) is 25.3. The van der Waals surface area contributed by atoms with Crippen LogP contribution in [-0.2, 0) is 21.4 Å². The maximum absolute atomic E-state index is 13.6. The lowest BCUT2D eigenvalue weighted by atomic mass is 9.94. The number of benzene rings is 1. The molecule has 2 atom stereocenters. The first-order valence-electron chi connectivity index (χ1n) is 11.6. The fraction of sp³-hybridized carbons (Fsp3) is 0.458. The van der Waals surface area contributed by atoms with Gasteiger partial charge in [-0.3, -0.25) is 14.2 Å². The molecule has 0 unspecified atom stereocenters. The number of ether oxygens (including phenoxy) is 1. The van der Waals surface area contributed by atoms with Gasteiger partial charge in [-0.25, -0.2) is 13.4 Å². The van der Waals surface area contributed by atoms with E-state index in [1.807, 2.05) is 20.8 Å². The van der Waals surface area contributed by atoms with E-state index >= 15 is 0 Å². The summed E-state index contributed by atoms with van der Waals surface area (Å²) in [5, 5.41) is 2.79. The lowest BCUT2D eigenvalue weighted by Crippen LogP contribution is -2.42. The SMILES string of the molecule is CCOc1ccc(NC(=O)Cn2cnc3sc(C)c(S(=O)(=O)N4C[C@H](C)C[C@@H](C)C4)c3c2=O)cc1. The first-order chi connectivity index (χ1) is 16.6. The minimum absolute atomic E-state index is 0.0116. The molecular formula is C24H30N4O5S2. The van der Waals surface area contributed by atoms with E-state index in [2.05, 4.69) is 10.3 Å². The van der Waals surface area contributed by atoms with E-state index in [1.54, 1.807) is 31.2 Å². The largest absolute Gasteiger partial charge is 0.494 e. The normalized spacial score (nSPS) is 19.1. The first-order valence-corrected chi connectivity index (χ1v) is 13.9. The van der Waals surface area contributed by atoms with Crippen LogP contribution in [0.3, 0.4) is 0 Å². The summed E-state index contributed by atoms with van der Waals surface area (Å²) in [4.78, 5) is 31.2. The molecule has 0 saturated carbocycles. The second kappa shape index (κ2) is 10.1. The van der Waals surface area contributed by atoms with Crippen LogP contribution >= 0.6 is 11.3 Å². The Hall–Kier alpha value is -2.76. The number of carbonyl (C=O) groups is 1. The van der Waals surface area contributed by atoms with Gasteiger partial charge in [-0.05, 0) is 56.4 Å². The van der Waals surface area contributed by atoms with Crippen molar-refractivity contribution in [2.45, 2.75) is 45.6 Å². The van der Waals surface area contributed by atoms with Crippen LogP contribution in [0.4, 0.5) is 5.69 Å². The lowest BCUT2D eigenvalue weighted by Gasteiger charge is -2.34. The van der Waals surface area contributed by atoms with Crippen molar-refractivity contribution in [3.63, 3.8) is 0 Å². The monoisotopic (exact) mass is 518 g/mol. The summed E-state index contributed by atoms with van der Waals surface area (Å²) in [6.07, 6.45) is 2.26. The highest BCUT2D eigenvalue weighted by molar-refractivity contribution is 7.89. The summed E-state index contributed by atoms with van der Waals surface area (Å²) in [5.41, 5.74) is 0.0152. The molecule has 188 valence electrons. The van der Waals surface area contributed by atoms with Crippen LogP contribution in [0.2, 0.25) is 0 Å². The third-order valence-electron chi connectivity index (χ3n) is 6.00. The number of aromatic nitrogens is 2. The van der Waals surface area contributed by atoms with Crippen LogP contribution in [0.1, 0.15) is 32.1 Å². The minimum Gasteiger partial charge on any atom is -0.494 e. The van der Waals surface area contributed by atoms with Gasteiger partial charge in [0.05, 0.1) is 18.3 Å². The standard InChI is InChI=1S/C24H30N4O5S2/c1-5-33-19-8-6-18(7-9-19)26-20(29)13-27-14-25-23-21(24(27)30)22(17(4)34-23)35(31,32)28-11-15(2)10-16(3)12-28/h6-9,14-16H,5,10-13H2,1-4H3,(H,26,29)/t15-,16-/m1/s1. The van der Waals surface area contributed by atoms with Gasteiger partial charge in [0.1, 0.15) is 22.0 Å². The molecule has 35 heavy (non-hydrogen) atoms. The molecule has 0 bridgehead atoms. The van der Waals surface area contributed by atoms with Crippen molar-refractivity contribution in [1.29, 1.82) is 0 Å². The van der Waals surface area contributed by atoms with E-state index in [9.17, 15) is 18.0 Å². The fourth-order valence-electron chi connectivity index (χ4n) is 4.62. The Morgan fingerprint density at radius 1 is 1.20 bits per heavy atom. The molecule has 3 aromatic rings. The Morgan fingerprint density at radius 3 is 2.49 bits per heavy atom. The maximum Gasteiger partial charge on any atom is 0.263 e. The second-order valence-corrected chi connectivity index (χ2v) is 12.2. The molecule has 1 aliphatic heterocycles. The van der Waals surface area contributed by atoms with Crippen molar-refractivity contribution < 1.29 is 17.9 Å². The maximum atomic E-state index is 13.6. The Morgan fingerprint density at radius 2 is 1.86 bits per heavy atom. The Kier molecular flexibility index (Phi) is 7.30. The van der Waals surface area contributed by atoms with Gasteiger partial charge in [0.15, 0.2) is 0 Å². The second-order valence-electron chi connectivity index (χ2n) is 9.12. The molecule has 1 aliphatic rings. The number of nitrogens with zero attached hydrogens (tertiary/aromatic N) is 3. The van der Waals surface area contributed by atoms with Gasteiger partial charge in [0, 0.05) is 23.7 Å². The van der Waals surface area contributed by atoms with E-state index in [4.69, 9.17) is 4.74 Å². The molecule has 9 nitrogen and oxygen atoms in total. The molecule has 1 amide bonds. The van der Waals surface area contributed by atoms with Crippen LogP contribution in [0.15, 0.2) is 40.3 Å². The quantitative estimate of drug-likeness (QED) is 0.513. The van der Waals surface area contributed by atoms with Gasteiger partial charge in [-0.2, -0.15) is 4.31 Å². The van der Waals surface area contributed by atoms with Gasteiger partial charge in [0.25, 0.3) is 5.56 Å². The number of fused-ring (bicyclic) bond motifs is 1. The number of piperidine rings is 1. The Labute approximate surface area is 208 Å². The summed E-state index contributed by atoms with van der Waals surface area (Å²) in [7, 11) is -3.89. The molecule has 0 aliphatic carbocycles. The van der Waals surface area contributed by atoms with Gasteiger partial charge in [0.2, 0.25) is 15.9 Å². The molecule has 4 rings (SSSR count). The first kappa shape index (κ1) is 25.3. The number of carbonyl (C=O) groups excluding carboxylic acids is 1. The predicted octanol–water partition coefficient (Wildman–Crippen LogP) is 3.47. The number of rotatable bonds is 7. The number of nitrogens with one attached hydrogen (secondary N) is 1. The molecule has 2 aromatic heterocycles. The molecule has 3 heterocycles. The number of hydrogen-bond donors (Lipinski definition) is 1. The van der Waals surface area contributed by atoms with Crippen molar-refractivity contribution in [3.05, 3.63) is 45.8 Å². The van der Waals surface area contributed by atoms with Gasteiger partial charge >= 0.3 is 0 Å². The molecular weight excluding hydrogens is 488 g/mol. The lowest BCUT2D eigenvalue weighted by molar-refractivity contribution is -0.116. The van der Waals surface area contributed by atoms with Gasteiger partial charge < -0.3 is 10.1 Å². The summed E-state index contributed by atoms with van der Waals surface area (Å²) in [5.74, 6) is 0.738. The highest BCUT2D eigenvalue weighted by atomic mass is 32.2. The van der Waals surface area contributed by atoms with E-state index in [0.717, 1.165) is 11.0 Å². The zero-order valence-electron chi connectivity index (χ0n) is 20.3. The highest BCUT2D eigenvalue weighted by Crippen LogP contribution is 2.35. The smallest absolute Gasteiger partial charge is 0.263 e. The average Bonchev–Trinajstić information content (AvgIpc) is 3.14. The topological polar surface area (TPSA) is 111 Å². The van der Waals surface area contributed by atoms with Crippen LogP contribution in [-0.4, -0.2) is 47.9 Å². The highest BCUT2D eigenvalue weighted by Gasteiger charge is 2.35. The van der Waals surface area contributed by atoms with Crippen LogP contribution in [0, 0.1) is 18.8 Å². The van der Waals surface area contributed by atoms with Gasteiger partial charge in [-0.15, -0.1) is 11.3 Å². The van der Waals surface area contributed by atoms with Crippen molar-refractivity contribution in [2.24, 2.45) is 11.8 Å². The summed E-state index contributed by atoms with van der Waals surface area (Å²) in [6.45, 7) is 8.74. The average molecular weight is 519 g/mol. The Balaban J connectivity index is 1.63. The third-order valence-corrected chi connectivity index (χ3v) is 9.14. The number of sulfonamides is 1. The van der Waals surface area contributed by atoms with E-state index in [-0.39, 0.29) is 28.7 Å². The van der Waals surface area contributed by atoms with E-state index in [0.29, 0.717) is 40.8 Å². The minimum atomic E-state index is -3.89. The number of amides is 1. The number of aryl methyl sites for hydroxylation is 1. The van der Waals surface area contributed by atoms with E-state index < -0.39 is 21.5 Å². The number of hydrogen-bond acceptors (Lipinski definition) is 7. The zero-order valence-corrected chi connectivity index (χ0v) is 21.9. The summed E-state index contributed by atoms with van der Waals surface area (Å²) >= 11 is 1.18. The summed E-state index contributed by atoms with van der Waals surface area (Å²) in [6, 6.07) is 6.90. The van der Waals surface area contributed by atoms with Crippen molar-refractivity contribution in [1.82, 2.24) is 13.9 Å². The molecule has 11 heteroatoms. The van der Waals surface area contributed by atoms with Crippen molar-refractivity contribution in [3.8, 4) is 5.75 Å². The van der Waals surface area contributed by atoms with Crippen LogP contribution in [0.5, 0.6) is 5.75 Å². The van der Waals surface area contributed by atoms with Crippen LogP contribution < -0.4 is 15.6 Å². The van der Waals surface area contributed by atoms with Crippen LogP contribution in [0.25, 0.3) is 10.2 Å². The molecule has 1 saturated heterocycles. The Bertz CT molecular complexity index is 1390. The molecule has 1 fully saturated rings. The molecule has 0 spiro atoms. The van der Waals surface area contributed by atoms with E-state index in [1.165, 1.54) is 22.0 Å². The third kappa shape index (κ3) is 5.26. The number of thiophene rings is 1. The fourth-order valence-corrected chi connectivity index (χ4v) is 7.97.